The Bertz CT molecular complexity index is 814. The Hall–Kier alpha value is -2.25. The minimum Gasteiger partial charge on any atom is -0.493 e. The fourth-order valence-electron chi connectivity index (χ4n) is 3.44. The van der Waals surface area contributed by atoms with E-state index in [1.54, 1.807) is 14.2 Å². The first kappa shape index (κ1) is 18.5. The maximum Gasteiger partial charge on any atom is 0.194 e. The van der Waals surface area contributed by atoms with Crippen LogP contribution in [-0.2, 0) is 13.0 Å². The van der Waals surface area contributed by atoms with E-state index in [0.29, 0.717) is 30.0 Å². The molecule has 1 unspecified atom stereocenters. The zero-order valence-corrected chi connectivity index (χ0v) is 14.7. The minimum atomic E-state index is -1.43. The van der Waals surface area contributed by atoms with Gasteiger partial charge >= 0.3 is 0 Å². The summed E-state index contributed by atoms with van der Waals surface area (Å²) in [5.41, 5.74) is 7.43. The normalized spacial score (nSPS) is 16.6. The number of rotatable bonds is 6. The highest BCUT2D eigenvalue weighted by atomic mass is 19.2. The van der Waals surface area contributed by atoms with Crippen molar-refractivity contribution in [3.05, 3.63) is 58.4 Å². The van der Waals surface area contributed by atoms with Crippen LogP contribution in [-0.4, -0.2) is 32.2 Å². The molecule has 0 aromatic heterocycles. The van der Waals surface area contributed by atoms with E-state index >= 15 is 0 Å². The van der Waals surface area contributed by atoms with Crippen molar-refractivity contribution < 1.29 is 22.6 Å². The third-order valence-corrected chi connectivity index (χ3v) is 4.82. The first-order valence-electron chi connectivity index (χ1n) is 8.31. The van der Waals surface area contributed by atoms with Crippen molar-refractivity contribution in [3.8, 4) is 11.5 Å². The number of nitrogens with zero attached hydrogens (tertiary/aromatic N) is 1. The van der Waals surface area contributed by atoms with Gasteiger partial charge in [0.05, 0.1) is 14.2 Å². The molecule has 0 radical (unpaired) electrons. The Labute approximate surface area is 150 Å². The third kappa shape index (κ3) is 3.24. The summed E-state index contributed by atoms with van der Waals surface area (Å²) in [7, 11) is 3.13. The summed E-state index contributed by atoms with van der Waals surface area (Å²) in [5.74, 6) is -2.47. The van der Waals surface area contributed by atoms with Gasteiger partial charge in [0.1, 0.15) is 0 Å². The van der Waals surface area contributed by atoms with E-state index in [1.807, 2.05) is 23.1 Å². The fraction of sp³-hybridized carbons (Fsp3) is 0.368. The molecule has 2 N–H and O–H groups in total. The van der Waals surface area contributed by atoms with Gasteiger partial charge in [-0.15, -0.1) is 0 Å². The van der Waals surface area contributed by atoms with Crippen LogP contribution in [0.3, 0.4) is 0 Å². The molecule has 1 atom stereocenters. The molecule has 26 heavy (non-hydrogen) atoms. The number of hydrogen-bond donors (Lipinski definition) is 1. The molecule has 1 heterocycles. The van der Waals surface area contributed by atoms with Gasteiger partial charge in [-0.1, -0.05) is 6.07 Å². The molecule has 0 aliphatic carbocycles. The highest BCUT2D eigenvalue weighted by molar-refractivity contribution is 5.43. The zero-order chi connectivity index (χ0) is 18.8. The molecule has 3 rings (SSSR count). The summed E-state index contributed by atoms with van der Waals surface area (Å²) < 4.78 is 51.7. The van der Waals surface area contributed by atoms with E-state index in [9.17, 15) is 13.2 Å². The summed E-state index contributed by atoms with van der Waals surface area (Å²) in [6, 6.07) is 6.33. The van der Waals surface area contributed by atoms with E-state index in [4.69, 9.17) is 15.2 Å². The second-order valence-electron chi connectivity index (χ2n) is 6.22. The predicted molar refractivity (Wildman–Crippen MR) is 91.8 cm³/mol. The number of fused-ring (bicyclic) bond motifs is 1. The highest BCUT2D eigenvalue weighted by Gasteiger charge is 2.33. The van der Waals surface area contributed by atoms with E-state index in [0.717, 1.165) is 11.6 Å². The molecule has 4 nitrogen and oxygen atoms in total. The van der Waals surface area contributed by atoms with Crippen LogP contribution in [0.25, 0.3) is 0 Å². The SMILES string of the molecule is COc1ccc(CCN2Cc3c(cc(F)c(F)c3F)C2CN)cc1OC. The van der Waals surface area contributed by atoms with Crippen molar-refractivity contribution in [1.29, 1.82) is 0 Å². The van der Waals surface area contributed by atoms with Crippen molar-refractivity contribution in [2.45, 2.75) is 19.0 Å². The highest BCUT2D eigenvalue weighted by Crippen LogP contribution is 2.36. The van der Waals surface area contributed by atoms with Gasteiger partial charge < -0.3 is 15.2 Å². The number of methoxy groups -OCH3 is 2. The predicted octanol–water partition coefficient (Wildman–Crippen LogP) is 3.18. The third-order valence-electron chi connectivity index (χ3n) is 4.82. The topological polar surface area (TPSA) is 47.7 Å². The fourth-order valence-corrected chi connectivity index (χ4v) is 3.44. The standard InChI is InChI=1S/C19H21F3N2O2/c1-25-16-4-3-11(7-17(16)26-2)5-6-24-10-13-12(15(24)9-23)8-14(20)19(22)18(13)21/h3-4,7-8,15H,5-6,9-10,23H2,1-2H3. The lowest BCUT2D eigenvalue weighted by molar-refractivity contribution is 0.221. The molecular formula is C19H21F3N2O2. The van der Waals surface area contributed by atoms with Crippen LogP contribution in [0.4, 0.5) is 13.2 Å². The van der Waals surface area contributed by atoms with Crippen LogP contribution in [0, 0.1) is 17.5 Å². The Kier molecular flexibility index (Phi) is 5.38. The summed E-state index contributed by atoms with van der Waals surface area (Å²) in [6.07, 6.45) is 0.650. The first-order valence-corrected chi connectivity index (χ1v) is 8.31. The number of benzene rings is 2. The lowest BCUT2D eigenvalue weighted by atomic mass is 10.0. The van der Waals surface area contributed by atoms with Crippen molar-refractivity contribution in [2.24, 2.45) is 5.73 Å². The van der Waals surface area contributed by atoms with Crippen LogP contribution < -0.4 is 15.2 Å². The molecule has 2 aromatic carbocycles. The van der Waals surface area contributed by atoms with Crippen molar-refractivity contribution in [3.63, 3.8) is 0 Å². The van der Waals surface area contributed by atoms with Gasteiger partial charge in [0.25, 0.3) is 0 Å². The molecule has 0 fully saturated rings. The Balaban J connectivity index is 1.78. The summed E-state index contributed by atoms with van der Waals surface area (Å²) >= 11 is 0. The van der Waals surface area contributed by atoms with Crippen molar-refractivity contribution in [2.75, 3.05) is 27.3 Å². The minimum absolute atomic E-state index is 0.187. The lowest BCUT2D eigenvalue weighted by Gasteiger charge is -2.23. The number of ether oxygens (including phenoxy) is 2. The van der Waals surface area contributed by atoms with Gasteiger partial charge in [-0.3, -0.25) is 4.90 Å². The average molecular weight is 366 g/mol. The maximum atomic E-state index is 14.1. The van der Waals surface area contributed by atoms with Gasteiger partial charge in [0.15, 0.2) is 29.0 Å². The average Bonchev–Trinajstić information content (AvgIpc) is 3.01. The van der Waals surface area contributed by atoms with Crippen LogP contribution >= 0.6 is 0 Å². The molecule has 0 spiro atoms. The van der Waals surface area contributed by atoms with Gasteiger partial charge in [-0.05, 0) is 35.7 Å². The molecule has 0 bridgehead atoms. The molecule has 1 aliphatic rings. The van der Waals surface area contributed by atoms with Crippen LogP contribution in [0.1, 0.15) is 22.7 Å². The summed E-state index contributed by atoms with van der Waals surface area (Å²) in [5, 5.41) is 0. The monoisotopic (exact) mass is 366 g/mol. The van der Waals surface area contributed by atoms with Gasteiger partial charge in [-0.2, -0.15) is 0 Å². The second-order valence-corrected chi connectivity index (χ2v) is 6.22. The smallest absolute Gasteiger partial charge is 0.194 e. The van der Waals surface area contributed by atoms with Crippen LogP contribution in [0.2, 0.25) is 0 Å². The van der Waals surface area contributed by atoms with E-state index < -0.39 is 17.5 Å². The van der Waals surface area contributed by atoms with E-state index in [-0.39, 0.29) is 24.7 Å². The molecule has 2 aromatic rings. The van der Waals surface area contributed by atoms with Gasteiger partial charge in [0, 0.05) is 31.2 Å². The number of hydrogen-bond acceptors (Lipinski definition) is 4. The van der Waals surface area contributed by atoms with Crippen molar-refractivity contribution >= 4 is 0 Å². The first-order chi connectivity index (χ1) is 12.5. The molecule has 1 aliphatic heterocycles. The molecule has 140 valence electrons. The van der Waals surface area contributed by atoms with Crippen molar-refractivity contribution in [1.82, 2.24) is 4.90 Å². The largest absolute Gasteiger partial charge is 0.493 e. The number of halogens is 3. The Morgan fingerprint density at radius 1 is 1.08 bits per heavy atom. The summed E-state index contributed by atoms with van der Waals surface area (Å²) in [6.45, 7) is 0.964. The lowest BCUT2D eigenvalue weighted by Crippen LogP contribution is -2.29. The second kappa shape index (κ2) is 7.55. The zero-order valence-electron chi connectivity index (χ0n) is 14.7. The van der Waals surface area contributed by atoms with Crippen LogP contribution in [0.5, 0.6) is 11.5 Å². The van der Waals surface area contributed by atoms with Crippen LogP contribution in [0.15, 0.2) is 24.3 Å². The quantitative estimate of drug-likeness (QED) is 0.798. The molecule has 0 saturated heterocycles. The maximum absolute atomic E-state index is 14.1. The molecule has 7 heteroatoms. The van der Waals surface area contributed by atoms with E-state index in [2.05, 4.69) is 0 Å². The van der Waals surface area contributed by atoms with Gasteiger partial charge in [0.2, 0.25) is 0 Å². The van der Waals surface area contributed by atoms with E-state index in [1.165, 1.54) is 0 Å². The molecular weight excluding hydrogens is 345 g/mol. The number of nitrogens with two attached hydrogens (primary N) is 1. The summed E-state index contributed by atoms with van der Waals surface area (Å²) in [4.78, 5) is 1.93. The Morgan fingerprint density at radius 3 is 2.46 bits per heavy atom. The van der Waals surface area contributed by atoms with Gasteiger partial charge in [-0.25, -0.2) is 13.2 Å². The molecule has 0 amide bonds. The Morgan fingerprint density at radius 2 is 1.81 bits per heavy atom. The molecule has 0 saturated carbocycles.